The SMILES string of the molecule is Cc1ccc(Sc2ncccc2C(=O)OCC(=O)Nc2ccccc2Cl)cc1. The number of pyridine rings is 1. The lowest BCUT2D eigenvalue weighted by Crippen LogP contribution is -2.21. The molecule has 0 spiro atoms. The fourth-order valence-electron chi connectivity index (χ4n) is 2.30. The van der Waals surface area contributed by atoms with Crippen LogP contribution in [0, 0.1) is 6.92 Å². The molecule has 0 unspecified atom stereocenters. The standard InChI is InChI=1S/C21H17ClN2O3S/c1-14-8-10-15(11-9-14)28-20-16(5-4-12-23-20)21(26)27-13-19(25)24-18-7-3-2-6-17(18)22/h2-12H,13H2,1H3,(H,24,25). The van der Waals surface area contributed by atoms with Crippen LogP contribution in [0.2, 0.25) is 5.02 Å². The lowest BCUT2D eigenvalue weighted by molar-refractivity contribution is -0.119. The summed E-state index contributed by atoms with van der Waals surface area (Å²) in [7, 11) is 0. The predicted molar refractivity (Wildman–Crippen MR) is 110 cm³/mol. The van der Waals surface area contributed by atoms with Crippen molar-refractivity contribution in [3.8, 4) is 0 Å². The first-order valence-corrected chi connectivity index (χ1v) is 9.63. The fourth-order valence-corrected chi connectivity index (χ4v) is 3.36. The van der Waals surface area contributed by atoms with Crippen LogP contribution in [-0.4, -0.2) is 23.5 Å². The van der Waals surface area contributed by atoms with Crippen LogP contribution in [0.15, 0.2) is 76.8 Å². The number of aryl methyl sites for hydroxylation is 1. The second-order valence-electron chi connectivity index (χ2n) is 5.88. The smallest absolute Gasteiger partial charge is 0.341 e. The Balaban J connectivity index is 1.63. The van der Waals surface area contributed by atoms with Gasteiger partial charge in [-0.15, -0.1) is 0 Å². The zero-order chi connectivity index (χ0) is 19.9. The van der Waals surface area contributed by atoms with Crippen molar-refractivity contribution in [3.63, 3.8) is 0 Å². The summed E-state index contributed by atoms with van der Waals surface area (Å²) in [5.41, 5.74) is 1.91. The molecule has 0 aliphatic rings. The highest BCUT2D eigenvalue weighted by Gasteiger charge is 2.16. The van der Waals surface area contributed by atoms with Crippen molar-refractivity contribution in [1.82, 2.24) is 4.98 Å². The second-order valence-corrected chi connectivity index (χ2v) is 7.34. The van der Waals surface area contributed by atoms with Crippen LogP contribution < -0.4 is 5.32 Å². The van der Waals surface area contributed by atoms with Crippen LogP contribution in [0.3, 0.4) is 0 Å². The Morgan fingerprint density at radius 3 is 2.57 bits per heavy atom. The minimum absolute atomic E-state index is 0.304. The van der Waals surface area contributed by atoms with E-state index in [1.54, 1.807) is 42.6 Å². The van der Waals surface area contributed by atoms with Crippen LogP contribution in [-0.2, 0) is 9.53 Å². The first-order valence-electron chi connectivity index (χ1n) is 8.44. The average Bonchev–Trinajstić information content (AvgIpc) is 2.70. The maximum absolute atomic E-state index is 12.5. The number of nitrogens with zero attached hydrogens (tertiary/aromatic N) is 1. The minimum atomic E-state index is -0.614. The number of halogens is 1. The Hall–Kier alpha value is -2.83. The van der Waals surface area contributed by atoms with Crippen molar-refractivity contribution >= 4 is 40.9 Å². The number of anilines is 1. The molecule has 0 fully saturated rings. The highest BCUT2D eigenvalue weighted by Crippen LogP contribution is 2.29. The Bertz CT molecular complexity index is 993. The predicted octanol–water partition coefficient (Wildman–Crippen LogP) is 4.99. The van der Waals surface area contributed by atoms with E-state index in [4.69, 9.17) is 16.3 Å². The summed E-state index contributed by atoms with van der Waals surface area (Å²) in [5, 5.41) is 3.53. The molecule has 0 radical (unpaired) electrons. The number of hydrogen-bond donors (Lipinski definition) is 1. The third kappa shape index (κ3) is 5.34. The topological polar surface area (TPSA) is 68.3 Å². The van der Waals surface area contributed by atoms with E-state index < -0.39 is 18.5 Å². The molecule has 5 nitrogen and oxygen atoms in total. The van der Waals surface area contributed by atoms with Crippen LogP contribution in [0.25, 0.3) is 0 Å². The van der Waals surface area contributed by atoms with Crippen molar-refractivity contribution < 1.29 is 14.3 Å². The highest BCUT2D eigenvalue weighted by molar-refractivity contribution is 7.99. The molecule has 28 heavy (non-hydrogen) atoms. The van der Waals surface area contributed by atoms with Gasteiger partial charge in [-0.1, -0.05) is 53.2 Å². The quantitative estimate of drug-likeness (QED) is 0.577. The van der Waals surface area contributed by atoms with Gasteiger partial charge in [0.05, 0.1) is 16.3 Å². The summed E-state index contributed by atoms with van der Waals surface area (Å²) in [6, 6.07) is 18.0. The van der Waals surface area contributed by atoms with Crippen molar-refractivity contribution in [2.24, 2.45) is 0 Å². The molecule has 142 valence electrons. The van der Waals surface area contributed by atoms with Gasteiger partial charge in [-0.25, -0.2) is 9.78 Å². The number of nitrogens with one attached hydrogen (secondary N) is 1. The molecular formula is C21H17ClN2O3S. The molecule has 0 aliphatic heterocycles. The lowest BCUT2D eigenvalue weighted by atomic mass is 10.2. The van der Waals surface area contributed by atoms with Crippen molar-refractivity contribution in [2.45, 2.75) is 16.8 Å². The molecular weight excluding hydrogens is 396 g/mol. The van der Waals surface area contributed by atoms with E-state index >= 15 is 0 Å². The van der Waals surface area contributed by atoms with Gasteiger partial charge in [-0.2, -0.15) is 0 Å². The summed E-state index contributed by atoms with van der Waals surface area (Å²) in [6.07, 6.45) is 1.61. The first kappa shape index (κ1) is 19.9. The normalized spacial score (nSPS) is 10.4. The lowest BCUT2D eigenvalue weighted by Gasteiger charge is -2.10. The highest BCUT2D eigenvalue weighted by atomic mass is 35.5. The second kappa shape index (κ2) is 9.39. The summed E-state index contributed by atoms with van der Waals surface area (Å²) < 4.78 is 5.15. The fraction of sp³-hybridized carbons (Fsp3) is 0.0952. The van der Waals surface area contributed by atoms with Gasteiger partial charge in [0.2, 0.25) is 0 Å². The van der Waals surface area contributed by atoms with E-state index in [1.165, 1.54) is 11.8 Å². The zero-order valence-corrected chi connectivity index (χ0v) is 16.6. The maximum atomic E-state index is 12.5. The monoisotopic (exact) mass is 412 g/mol. The molecule has 0 aliphatic carbocycles. The minimum Gasteiger partial charge on any atom is -0.452 e. The number of amides is 1. The largest absolute Gasteiger partial charge is 0.452 e. The Morgan fingerprint density at radius 1 is 1.07 bits per heavy atom. The zero-order valence-electron chi connectivity index (χ0n) is 15.0. The van der Waals surface area contributed by atoms with Crippen LogP contribution >= 0.6 is 23.4 Å². The van der Waals surface area contributed by atoms with Crippen molar-refractivity contribution in [1.29, 1.82) is 0 Å². The molecule has 7 heteroatoms. The Labute approximate surface area is 172 Å². The van der Waals surface area contributed by atoms with Gasteiger partial charge in [0.15, 0.2) is 6.61 Å². The van der Waals surface area contributed by atoms with Gasteiger partial charge < -0.3 is 10.1 Å². The van der Waals surface area contributed by atoms with E-state index in [0.29, 0.717) is 21.3 Å². The van der Waals surface area contributed by atoms with Gasteiger partial charge in [0.1, 0.15) is 5.03 Å². The van der Waals surface area contributed by atoms with Crippen LogP contribution in [0.1, 0.15) is 15.9 Å². The van der Waals surface area contributed by atoms with Crippen LogP contribution in [0.5, 0.6) is 0 Å². The van der Waals surface area contributed by atoms with Gasteiger partial charge in [-0.05, 0) is 43.3 Å². The summed E-state index contributed by atoms with van der Waals surface area (Å²) in [6.45, 7) is 1.58. The molecule has 1 heterocycles. The molecule has 1 amide bonds. The number of rotatable bonds is 6. The van der Waals surface area contributed by atoms with E-state index in [-0.39, 0.29) is 0 Å². The number of para-hydroxylation sites is 1. The molecule has 0 bridgehead atoms. The van der Waals surface area contributed by atoms with Crippen molar-refractivity contribution in [2.75, 3.05) is 11.9 Å². The molecule has 1 aromatic heterocycles. The molecule has 3 rings (SSSR count). The van der Waals surface area contributed by atoms with Gasteiger partial charge >= 0.3 is 5.97 Å². The van der Waals surface area contributed by atoms with E-state index in [0.717, 1.165) is 10.5 Å². The molecule has 0 saturated carbocycles. The molecule has 3 aromatic rings. The third-order valence-electron chi connectivity index (χ3n) is 3.71. The summed E-state index contributed by atoms with van der Waals surface area (Å²) in [5.74, 6) is -1.09. The van der Waals surface area contributed by atoms with Gasteiger partial charge in [0, 0.05) is 11.1 Å². The molecule has 2 aromatic carbocycles. The number of benzene rings is 2. The summed E-state index contributed by atoms with van der Waals surface area (Å²) in [4.78, 5) is 29.7. The number of aromatic nitrogens is 1. The number of carbonyl (C=O) groups excluding carboxylic acids is 2. The van der Waals surface area contributed by atoms with E-state index in [2.05, 4.69) is 10.3 Å². The Kier molecular flexibility index (Phi) is 6.68. The van der Waals surface area contributed by atoms with Crippen LogP contribution in [0.4, 0.5) is 5.69 Å². The number of hydrogen-bond acceptors (Lipinski definition) is 5. The molecule has 0 atom stereocenters. The van der Waals surface area contributed by atoms with Gasteiger partial charge in [-0.3, -0.25) is 4.79 Å². The van der Waals surface area contributed by atoms with Crippen molar-refractivity contribution in [3.05, 3.63) is 83.0 Å². The van der Waals surface area contributed by atoms with Gasteiger partial charge in [0.25, 0.3) is 5.91 Å². The van der Waals surface area contributed by atoms with E-state index in [9.17, 15) is 9.59 Å². The maximum Gasteiger partial charge on any atom is 0.341 e. The molecule has 0 saturated heterocycles. The number of esters is 1. The van der Waals surface area contributed by atoms with E-state index in [1.807, 2.05) is 31.2 Å². The average molecular weight is 413 g/mol. The Morgan fingerprint density at radius 2 is 1.82 bits per heavy atom. The molecule has 1 N–H and O–H groups in total. The number of carbonyl (C=O) groups is 2. The summed E-state index contributed by atoms with van der Waals surface area (Å²) >= 11 is 7.36. The number of ether oxygens (including phenoxy) is 1. The first-order chi connectivity index (χ1) is 13.5. The third-order valence-corrected chi connectivity index (χ3v) is 5.07.